The summed E-state index contributed by atoms with van der Waals surface area (Å²) >= 11 is 0. The van der Waals surface area contributed by atoms with Crippen LogP contribution in [0.2, 0.25) is 0 Å². The summed E-state index contributed by atoms with van der Waals surface area (Å²) in [6.07, 6.45) is 5.44. The summed E-state index contributed by atoms with van der Waals surface area (Å²) in [7, 11) is -3.45. The number of sulfonamides is 1. The van der Waals surface area contributed by atoms with Gasteiger partial charge in [0.1, 0.15) is 5.76 Å². The Bertz CT molecular complexity index is 714. The molecule has 0 spiro atoms. The normalized spacial score (nSPS) is 14.4. The molecule has 2 N–H and O–H groups in total. The second-order valence-electron chi connectivity index (χ2n) is 4.39. The number of fused-ring (bicyclic) bond motifs is 1. The lowest BCUT2D eigenvalue weighted by Crippen LogP contribution is -2.35. The van der Waals surface area contributed by atoms with Crippen LogP contribution in [0.15, 0.2) is 46.2 Å². The lowest BCUT2D eigenvalue weighted by molar-refractivity contribution is -0.116. The van der Waals surface area contributed by atoms with Crippen LogP contribution in [-0.4, -0.2) is 35.9 Å². The molecule has 3 rings (SSSR count). The van der Waals surface area contributed by atoms with Gasteiger partial charge in [-0.15, -0.1) is 0 Å². The van der Waals surface area contributed by atoms with Gasteiger partial charge in [0.15, 0.2) is 0 Å². The van der Waals surface area contributed by atoms with Crippen LogP contribution in [0.1, 0.15) is 11.3 Å². The number of nitrogens with one attached hydrogen (secondary N) is 1. The molecule has 0 saturated carbocycles. The number of nitrogens with zero attached hydrogens (tertiary/aromatic N) is 2. The van der Waals surface area contributed by atoms with Crippen LogP contribution >= 0.6 is 0 Å². The number of hydrogen-bond donors (Lipinski definition) is 2. The van der Waals surface area contributed by atoms with E-state index in [1.165, 1.54) is 34.3 Å². The molecular weight excluding hydrogens is 310 g/mol. The quantitative estimate of drug-likeness (QED) is 0.484. The fourth-order valence-corrected chi connectivity index (χ4v) is 3.46. The number of aromatic nitrogens is 1. The first-order valence-corrected chi connectivity index (χ1v) is 7.82. The number of carbonyl (C=O) groups is 1. The van der Waals surface area contributed by atoms with Crippen molar-refractivity contribution in [2.24, 2.45) is 0 Å². The molecule has 2 aromatic rings. The van der Waals surface area contributed by atoms with Gasteiger partial charge < -0.3 is 4.42 Å². The lowest BCUT2D eigenvalue weighted by Gasteiger charge is -2.25. The predicted molar refractivity (Wildman–Crippen MR) is 75.2 cm³/mol. The van der Waals surface area contributed by atoms with E-state index < -0.39 is 10.0 Å². The fraction of sp³-hybridized carbons (Fsp3) is 0.231. The maximum Gasteiger partial charge on any atom is 0.243 e. The molecule has 0 saturated heterocycles. The molecule has 0 aromatic carbocycles. The Morgan fingerprint density at radius 2 is 2.00 bits per heavy atom. The molecule has 118 valence electrons. The van der Waals surface area contributed by atoms with Gasteiger partial charge in [-0.3, -0.25) is 15.0 Å². The fourth-order valence-electron chi connectivity index (χ4n) is 2.08. The molecule has 9 heteroatoms. The third-order valence-electron chi connectivity index (χ3n) is 3.13. The molecule has 0 aliphatic carbocycles. The molecule has 2 aromatic heterocycles. The first-order chi connectivity index (χ1) is 10.6. The average Bonchev–Trinajstić information content (AvgIpc) is 3.03. The van der Waals surface area contributed by atoms with Gasteiger partial charge >= 0.3 is 0 Å². The van der Waals surface area contributed by atoms with Gasteiger partial charge in [-0.2, -0.15) is 4.31 Å². The number of pyridine rings is 1. The van der Waals surface area contributed by atoms with Gasteiger partial charge in [-0.25, -0.2) is 13.9 Å². The Morgan fingerprint density at radius 1 is 1.32 bits per heavy atom. The van der Waals surface area contributed by atoms with E-state index in [9.17, 15) is 8.42 Å². The number of hydrogen-bond acceptors (Lipinski definition) is 6. The van der Waals surface area contributed by atoms with E-state index in [1.54, 1.807) is 6.26 Å². The first kappa shape index (κ1) is 16.1. The maximum atomic E-state index is 12.4. The molecular formula is C13H15N3O5S. The van der Waals surface area contributed by atoms with Crippen molar-refractivity contribution >= 4 is 16.4 Å². The first-order valence-electron chi connectivity index (χ1n) is 6.38. The average molecular weight is 325 g/mol. The summed E-state index contributed by atoms with van der Waals surface area (Å²) in [6.45, 7) is 0.782. The zero-order valence-electron chi connectivity index (χ0n) is 11.5. The SMILES string of the molecule is O=CNO.O=S(=O)(c1ccncc1)N1CCc2ccoc2C1. The lowest BCUT2D eigenvalue weighted by atomic mass is 10.1. The van der Waals surface area contributed by atoms with Crippen molar-refractivity contribution in [3.8, 4) is 0 Å². The Labute approximate surface area is 127 Å². The Hall–Kier alpha value is -2.23. The largest absolute Gasteiger partial charge is 0.468 e. The molecule has 1 aliphatic rings. The Balaban J connectivity index is 0.000000396. The van der Waals surface area contributed by atoms with Crippen LogP contribution in [0.5, 0.6) is 0 Å². The van der Waals surface area contributed by atoms with Crippen molar-refractivity contribution < 1.29 is 22.8 Å². The highest BCUT2D eigenvalue weighted by molar-refractivity contribution is 7.89. The zero-order chi connectivity index (χ0) is 16.0. The topological polar surface area (TPSA) is 113 Å². The molecule has 0 bridgehead atoms. The molecule has 0 atom stereocenters. The number of hydroxylamine groups is 1. The van der Waals surface area contributed by atoms with Crippen LogP contribution in [0.4, 0.5) is 0 Å². The van der Waals surface area contributed by atoms with E-state index in [0.29, 0.717) is 19.5 Å². The van der Waals surface area contributed by atoms with Crippen molar-refractivity contribution in [2.45, 2.75) is 17.9 Å². The van der Waals surface area contributed by atoms with Crippen LogP contribution in [-0.2, 0) is 27.8 Å². The number of amides is 1. The van der Waals surface area contributed by atoms with Crippen molar-refractivity contribution in [3.05, 3.63) is 48.2 Å². The van der Waals surface area contributed by atoms with Crippen LogP contribution in [0.3, 0.4) is 0 Å². The van der Waals surface area contributed by atoms with Gasteiger partial charge in [0, 0.05) is 18.9 Å². The van der Waals surface area contributed by atoms with E-state index in [0.717, 1.165) is 11.3 Å². The van der Waals surface area contributed by atoms with Gasteiger partial charge in [0.05, 0.1) is 17.7 Å². The predicted octanol–water partition coefficient (Wildman–Crippen LogP) is 0.543. The summed E-state index contributed by atoms with van der Waals surface area (Å²) in [5.41, 5.74) is 2.34. The van der Waals surface area contributed by atoms with E-state index in [2.05, 4.69) is 4.98 Å². The minimum absolute atomic E-state index is 0.181. The highest BCUT2D eigenvalue weighted by Crippen LogP contribution is 2.25. The zero-order valence-corrected chi connectivity index (χ0v) is 12.4. The molecule has 0 radical (unpaired) electrons. The second-order valence-corrected chi connectivity index (χ2v) is 6.33. The monoisotopic (exact) mass is 325 g/mol. The minimum atomic E-state index is -3.45. The standard InChI is InChI=1S/C12H12N2O3S.CH3NO2/c15-18(16,11-1-5-13-6-2-11)14-7-3-10-4-8-17-12(10)9-14;3-1-2-4/h1-2,4-6,8H,3,7,9H2;1,4H,(H,2,3). The summed E-state index contributed by atoms with van der Waals surface area (Å²) in [6, 6.07) is 4.91. The molecule has 8 nitrogen and oxygen atoms in total. The summed E-state index contributed by atoms with van der Waals surface area (Å²) in [5, 5.41) is 7.26. The van der Waals surface area contributed by atoms with Crippen LogP contribution in [0.25, 0.3) is 0 Å². The Morgan fingerprint density at radius 3 is 2.64 bits per heavy atom. The summed E-state index contributed by atoms with van der Waals surface area (Å²) < 4.78 is 31.5. The van der Waals surface area contributed by atoms with Gasteiger partial charge in [0.25, 0.3) is 0 Å². The van der Waals surface area contributed by atoms with Gasteiger partial charge in [-0.1, -0.05) is 0 Å². The van der Waals surface area contributed by atoms with E-state index in [-0.39, 0.29) is 11.3 Å². The number of rotatable bonds is 3. The third-order valence-corrected chi connectivity index (χ3v) is 4.99. The van der Waals surface area contributed by atoms with Gasteiger partial charge in [-0.05, 0) is 30.2 Å². The van der Waals surface area contributed by atoms with Crippen LogP contribution in [0, 0.1) is 0 Å². The molecule has 1 amide bonds. The van der Waals surface area contributed by atoms with Crippen molar-refractivity contribution in [3.63, 3.8) is 0 Å². The number of furan rings is 1. The van der Waals surface area contributed by atoms with Crippen molar-refractivity contribution in [1.82, 2.24) is 14.8 Å². The van der Waals surface area contributed by atoms with E-state index >= 15 is 0 Å². The van der Waals surface area contributed by atoms with E-state index in [4.69, 9.17) is 14.4 Å². The second kappa shape index (κ2) is 7.16. The highest BCUT2D eigenvalue weighted by atomic mass is 32.2. The Kier molecular flexibility index (Phi) is 5.26. The molecule has 0 fully saturated rings. The van der Waals surface area contributed by atoms with E-state index in [1.807, 2.05) is 6.07 Å². The molecule has 0 unspecified atom stereocenters. The van der Waals surface area contributed by atoms with Crippen molar-refractivity contribution in [2.75, 3.05) is 6.54 Å². The van der Waals surface area contributed by atoms with Gasteiger partial charge in [0.2, 0.25) is 16.4 Å². The molecule has 1 aliphatic heterocycles. The van der Waals surface area contributed by atoms with Crippen molar-refractivity contribution in [1.29, 1.82) is 0 Å². The maximum absolute atomic E-state index is 12.4. The minimum Gasteiger partial charge on any atom is -0.468 e. The molecule has 3 heterocycles. The number of carbonyl (C=O) groups excluding carboxylic acids is 1. The third kappa shape index (κ3) is 3.50. The smallest absolute Gasteiger partial charge is 0.243 e. The summed E-state index contributed by atoms with van der Waals surface area (Å²) in [4.78, 5) is 12.9. The highest BCUT2D eigenvalue weighted by Gasteiger charge is 2.29. The molecule has 22 heavy (non-hydrogen) atoms. The van der Waals surface area contributed by atoms with Crippen LogP contribution < -0.4 is 5.48 Å². The summed E-state index contributed by atoms with van der Waals surface area (Å²) in [5.74, 6) is 0.735.